The van der Waals surface area contributed by atoms with Gasteiger partial charge in [-0.15, -0.1) is 11.8 Å². The molecule has 43 heavy (non-hydrogen) atoms. The third-order valence-electron chi connectivity index (χ3n) is 6.46. The van der Waals surface area contributed by atoms with E-state index in [0.717, 1.165) is 11.1 Å². The molecule has 1 saturated heterocycles. The molecule has 222 valence electrons. The number of ether oxygens (including phenoxy) is 2. The van der Waals surface area contributed by atoms with Crippen LogP contribution in [0.3, 0.4) is 0 Å². The Labute approximate surface area is 249 Å². The number of nitrogen functional groups attached to an aromatic ring is 1. The maximum absolute atomic E-state index is 13.9. The summed E-state index contributed by atoms with van der Waals surface area (Å²) in [6.07, 6.45) is -0.785. The van der Waals surface area contributed by atoms with Crippen LogP contribution in [0.15, 0.2) is 81.6 Å². The summed E-state index contributed by atoms with van der Waals surface area (Å²) in [5.41, 5.74) is 6.88. The van der Waals surface area contributed by atoms with Crippen molar-refractivity contribution in [2.75, 3.05) is 25.2 Å². The Hall–Kier alpha value is -5.18. The highest BCUT2D eigenvalue weighted by Crippen LogP contribution is 2.41. The first-order chi connectivity index (χ1) is 20.8. The largest absolute Gasteiger partial charge is 0.461 e. The number of carbonyl (C=O) groups excluding carboxylic acids is 4. The molecular weight excluding hydrogens is 580 g/mol. The van der Waals surface area contributed by atoms with Crippen molar-refractivity contribution in [2.24, 2.45) is 5.16 Å². The maximum atomic E-state index is 13.9. The van der Waals surface area contributed by atoms with Crippen LogP contribution in [0.25, 0.3) is 0 Å². The van der Waals surface area contributed by atoms with E-state index >= 15 is 0 Å². The molecule has 5 rings (SSSR count). The third-order valence-corrected chi connectivity index (χ3v) is 7.80. The number of thioether (sulfide) groups is 1. The van der Waals surface area contributed by atoms with Gasteiger partial charge in [0.15, 0.2) is 6.10 Å². The molecule has 15 heteroatoms. The predicted octanol–water partition coefficient (Wildman–Crippen LogP) is 1.55. The van der Waals surface area contributed by atoms with Crippen LogP contribution < -0.4 is 11.1 Å². The molecule has 2 aliphatic rings. The summed E-state index contributed by atoms with van der Waals surface area (Å²) >= 11 is 1.28. The molecule has 2 aliphatic heterocycles. The average Bonchev–Trinajstić information content (AvgIpc) is 3.45. The molecule has 2 atom stereocenters. The van der Waals surface area contributed by atoms with Gasteiger partial charge in [-0.1, -0.05) is 71.0 Å². The highest BCUT2D eigenvalue weighted by atomic mass is 32.2. The molecule has 3 aromatic rings. The van der Waals surface area contributed by atoms with Crippen LogP contribution >= 0.6 is 11.8 Å². The molecular formula is C28H26N6O8S. The van der Waals surface area contributed by atoms with Crippen molar-refractivity contribution in [1.29, 1.82) is 0 Å². The van der Waals surface area contributed by atoms with E-state index in [-0.39, 0.29) is 35.6 Å². The van der Waals surface area contributed by atoms with Gasteiger partial charge in [-0.2, -0.15) is 4.98 Å². The highest BCUT2D eigenvalue weighted by Gasteiger charge is 2.55. The number of nitrogens with two attached hydrogens (primary N) is 1. The molecule has 2 aromatic carbocycles. The number of benzene rings is 2. The van der Waals surface area contributed by atoms with Crippen molar-refractivity contribution in [3.05, 3.63) is 88.9 Å². The smallest absolute Gasteiger partial charge is 0.356 e. The van der Waals surface area contributed by atoms with Crippen LogP contribution in [0.5, 0.6) is 0 Å². The van der Waals surface area contributed by atoms with Gasteiger partial charge in [-0.05, 0) is 11.1 Å². The zero-order valence-corrected chi connectivity index (χ0v) is 23.8. The van der Waals surface area contributed by atoms with Gasteiger partial charge in [-0.3, -0.25) is 19.3 Å². The van der Waals surface area contributed by atoms with Crippen LogP contribution in [0.2, 0.25) is 0 Å². The van der Waals surface area contributed by atoms with Crippen molar-refractivity contribution >= 4 is 47.2 Å². The Morgan fingerprint density at radius 2 is 1.79 bits per heavy atom. The molecule has 0 aliphatic carbocycles. The lowest BCUT2D eigenvalue weighted by Gasteiger charge is -2.49. The van der Waals surface area contributed by atoms with Crippen LogP contribution in [0.1, 0.15) is 30.0 Å². The van der Waals surface area contributed by atoms with Gasteiger partial charge in [0.1, 0.15) is 30.8 Å². The van der Waals surface area contributed by atoms with E-state index < -0.39 is 41.3 Å². The first kappa shape index (κ1) is 29.3. The number of carbonyl (C=O) groups is 4. The second-order valence-electron chi connectivity index (χ2n) is 9.28. The molecule has 1 aromatic heterocycles. The van der Waals surface area contributed by atoms with E-state index in [9.17, 15) is 19.2 Å². The van der Waals surface area contributed by atoms with E-state index in [1.165, 1.54) is 30.7 Å². The summed E-state index contributed by atoms with van der Waals surface area (Å²) in [5.74, 6) is -2.76. The normalized spacial score (nSPS) is 18.1. The fraction of sp³-hybridized carbons (Fsp3) is 0.250. The Morgan fingerprint density at radius 3 is 2.35 bits per heavy atom. The molecule has 2 amide bonds. The minimum absolute atomic E-state index is 0.0471. The Balaban J connectivity index is 1.41. The molecule has 0 bridgehead atoms. The second-order valence-corrected chi connectivity index (χ2v) is 10.4. The number of hydrogen-bond donors (Lipinski definition) is 2. The summed E-state index contributed by atoms with van der Waals surface area (Å²) in [6.45, 7) is 1.03. The maximum Gasteiger partial charge on any atom is 0.356 e. The monoisotopic (exact) mass is 606 g/mol. The number of esters is 2. The Morgan fingerprint density at radius 1 is 1.14 bits per heavy atom. The molecule has 0 saturated carbocycles. The van der Waals surface area contributed by atoms with Gasteiger partial charge in [-0.25, -0.2) is 4.79 Å². The second kappa shape index (κ2) is 12.8. The molecule has 0 spiro atoms. The Bertz CT molecular complexity index is 1550. The van der Waals surface area contributed by atoms with Gasteiger partial charge in [0.2, 0.25) is 11.5 Å². The number of fused-ring (bicyclic) bond motifs is 1. The SMILES string of the molecule is CO/N=C(\C(=O)N[C@@H]1C(=O)N2C(C(=O)OC(c3ccccc3)c3ccccc3)=C(COC(C)=O)CS[C@@H]12)c1noc(N)n1. The van der Waals surface area contributed by atoms with Crippen molar-refractivity contribution in [2.45, 2.75) is 24.4 Å². The van der Waals surface area contributed by atoms with Crippen LogP contribution in [0.4, 0.5) is 6.01 Å². The van der Waals surface area contributed by atoms with Gasteiger partial charge in [0.05, 0.1) is 0 Å². The fourth-order valence-corrected chi connectivity index (χ4v) is 5.86. The number of anilines is 1. The minimum atomic E-state index is -1.04. The van der Waals surface area contributed by atoms with E-state index in [4.69, 9.17) is 24.6 Å². The standard InChI is InChI=1S/C28H26N6O8S/c1-15(35)40-13-18-14-43-26-20(30-24(36)19(32-39-2)23-31-28(29)42-33-23)25(37)34(26)21(18)27(38)41-22(16-9-5-3-6-10-16)17-11-7-4-8-12-17/h3-12,20,22,26H,13-14H2,1-2H3,(H,30,36)(H2,29,31,33)/b32-19-/t20-,26+/m1/s1. The lowest BCUT2D eigenvalue weighted by molar-refractivity contribution is -0.154. The molecule has 1 fully saturated rings. The first-order valence-corrected chi connectivity index (χ1v) is 14.0. The quantitative estimate of drug-likeness (QED) is 0.147. The van der Waals surface area contributed by atoms with Crippen LogP contribution in [-0.4, -0.2) is 75.4 Å². The number of nitrogens with zero attached hydrogens (tertiary/aromatic N) is 4. The van der Waals surface area contributed by atoms with Gasteiger partial charge in [0, 0.05) is 18.2 Å². The number of β-lactam (4-membered cyclic amide) rings is 1. The number of hydrogen-bond acceptors (Lipinski definition) is 13. The third kappa shape index (κ3) is 6.21. The zero-order valence-electron chi connectivity index (χ0n) is 23.0. The van der Waals surface area contributed by atoms with Crippen molar-refractivity contribution < 1.29 is 38.0 Å². The van der Waals surface area contributed by atoms with Gasteiger partial charge in [0.25, 0.3) is 11.8 Å². The number of aromatic nitrogens is 2. The highest BCUT2D eigenvalue weighted by molar-refractivity contribution is 8.00. The molecule has 3 N–H and O–H groups in total. The van der Waals surface area contributed by atoms with Crippen molar-refractivity contribution in [3.8, 4) is 0 Å². The fourth-order valence-electron chi connectivity index (χ4n) is 4.53. The van der Waals surface area contributed by atoms with Gasteiger partial charge < -0.3 is 29.9 Å². The average molecular weight is 607 g/mol. The van der Waals surface area contributed by atoms with E-state index in [1.54, 1.807) is 0 Å². The van der Waals surface area contributed by atoms with E-state index in [2.05, 4.69) is 20.6 Å². The van der Waals surface area contributed by atoms with Crippen LogP contribution in [0, 0.1) is 0 Å². The molecule has 0 radical (unpaired) electrons. The van der Waals surface area contributed by atoms with Crippen LogP contribution in [-0.2, 0) is 33.5 Å². The predicted molar refractivity (Wildman–Crippen MR) is 152 cm³/mol. The summed E-state index contributed by atoms with van der Waals surface area (Å²) < 4.78 is 15.9. The molecule has 14 nitrogen and oxygen atoms in total. The summed E-state index contributed by atoms with van der Waals surface area (Å²) in [6, 6.07) is 17.0. The van der Waals surface area contributed by atoms with Crippen molar-refractivity contribution in [3.63, 3.8) is 0 Å². The number of amides is 2. The summed E-state index contributed by atoms with van der Waals surface area (Å²) in [4.78, 5) is 61.8. The van der Waals surface area contributed by atoms with E-state index in [1.807, 2.05) is 60.7 Å². The van der Waals surface area contributed by atoms with Gasteiger partial charge >= 0.3 is 18.0 Å². The van der Waals surface area contributed by atoms with Crippen molar-refractivity contribution in [1.82, 2.24) is 20.4 Å². The lowest BCUT2D eigenvalue weighted by atomic mass is 10.0. The first-order valence-electron chi connectivity index (χ1n) is 12.9. The Kier molecular flexibility index (Phi) is 8.71. The topological polar surface area (TPSA) is 189 Å². The minimum Gasteiger partial charge on any atom is -0.461 e. The number of rotatable bonds is 10. The molecule has 0 unspecified atom stereocenters. The number of nitrogens with one attached hydrogen (secondary N) is 1. The van der Waals surface area contributed by atoms with E-state index in [0.29, 0.717) is 5.57 Å². The number of oxime groups is 1. The lowest BCUT2D eigenvalue weighted by Crippen LogP contribution is -2.71. The molecule has 3 heterocycles. The zero-order chi connectivity index (χ0) is 30.5. The summed E-state index contributed by atoms with van der Waals surface area (Å²) in [7, 11) is 1.22. The summed E-state index contributed by atoms with van der Waals surface area (Å²) in [5, 5.41) is 9.12.